The molecule has 2 heterocycles. The summed E-state index contributed by atoms with van der Waals surface area (Å²) in [6, 6.07) is 12.1. The van der Waals surface area contributed by atoms with Crippen LogP contribution in [0, 0.1) is 6.92 Å². The molecule has 25 heavy (non-hydrogen) atoms. The number of rotatable bonds is 6. The maximum absolute atomic E-state index is 12.3. The summed E-state index contributed by atoms with van der Waals surface area (Å²) < 4.78 is 10.4. The van der Waals surface area contributed by atoms with Crippen LogP contribution in [-0.4, -0.2) is 27.9 Å². The van der Waals surface area contributed by atoms with Gasteiger partial charge in [0, 0.05) is 6.07 Å². The highest BCUT2D eigenvalue weighted by Crippen LogP contribution is 2.24. The van der Waals surface area contributed by atoms with Gasteiger partial charge in [-0.25, -0.2) is 0 Å². The number of aromatic nitrogens is 3. The molecule has 0 atom stereocenters. The SMILES string of the molecule is CCOc1ccccc1NC(=O)c1ccc(Nc2cc(C)on2)nn1. The Morgan fingerprint density at radius 1 is 1.16 bits per heavy atom. The van der Waals surface area contributed by atoms with Gasteiger partial charge in [-0.2, -0.15) is 0 Å². The molecule has 128 valence electrons. The standard InChI is InChI=1S/C17H17N5O3/c1-3-24-14-7-5-4-6-12(14)18-17(23)13-8-9-15(21-20-13)19-16-10-11(2)25-22-16/h4-10H,3H2,1-2H3,(H,18,23)(H,19,21,22). The second kappa shape index (κ2) is 7.43. The molecule has 0 radical (unpaired) electrons. The van der Waals surface area contributed by atoms with Crippen LogP contribution in [0.4, 0.5) is 17.3 Å². The van der Waals surface area contributed by atoms with Gasteiger partial charge in [0.25, 0.3) is 5.91 Å². The van der Waals surface area contributed by atoms with Gasteiger partial charge < -0.3 is 19.9 Å². The third-order valence-corrected chi connectivity index (χ3v) is 3.22. The van der Waals surface area contributed by atoms with Crippen LogP contribution >= 0.6 is 0 Å². The molecule has 0 saturated heterocycles. The monoisotopic (exact) mass is 339 g/mol. The Labute approximate surface area is 144 Å². The first-order chi connectivity index (χ1) is 12.2. The molecule has 0 aliphatic rings. The van der Waals surface area contributed by atoms with E-state index in [-0.39, 0.29) is 11.6 Å². The first-order valence-corrected chi connectivity index (χ1v) is 7.73. The van der Waals surface area contributed by atoms with Gasteiger partial charge in [0.05, 0.1) is 12.3 Å². The molecule has 2 aromatic heterocycles. The van der Waals surface area contributed by atoms with Gasteiger partial charge in [-0.3, -0.25) is 4.79 Å². The zero-order chi connectivity index (χ0) is 17.6. The van der Waals surface area contributed by atoms with Crippen molar-refractivity contribution in [3.63, 3.8) is 0 Å². The van der Waals surface area contributed by atoms with Crippen molar-refractivity contribution < 1.29 is 14.1 Å². The summed E-state index contributed by atoms with van der Waals surface area (Å²) in [6.07, 6.45) is 0. The fourth-order valence-electron chi connectivity index (χ4n) is 2.11. The summed E-state index contributed by atoms with van der Waals surface area (Å²) >= 11 is 0. The minimum absolute atomic E-state index is 0.188. The minimum Gasteiger partial charge on any atom is -0.492 e. The lowest BCUT2D eigenvalue weighted by Crippen LogP contribution is -2.15. The predicted molar refractivity (Wildman–Crippen MR) is 92.1 cm³/mol. The smallest absolute Gasteiger partial charge is 0.276 e. The molecule has 8 nitrogen and oxygen atoms in total. The van der Waals surface area contributed by atoms with Crippen molar-refractivity contribution in [2.45, 2.75) is 13.8 Å². The number of nitrogens with zero attached hydrogens (tertiary/aromatic N) is 3. The molecular formula is C17H17N5O3. The molecule has 8 heteroatoms. The van der Waals surface area contributed by atoms with Crippen LogP contribution in [0.1, 0.15) is 23.2 Å². The van der Waals surface area contributed by atoms with Crippen LogP contribution in [0.15, 0.2) is 47.0 Å². The second-order valence-electron chi connectivity index (χ2n) is 5.13. The summed E-state index contributed by atoms with van der Waals surface area (Å²) in [5.74, 6) is 1.89. The number of aryl methyl sites for hydroxylation is 1. The molecule has 1 amide bonds. The van der Waals surface area contributed by atoms with Gasteiger partial charge in [0.15, 0.2) is 17.3 Å². The summed E-state index contributed by atoms with van der Waals surface area (Å²) in [5, 5.41) is 17.4. The fraction of sp³-hybridized carbons (Fsp3) is 0.176. The number of hydrogen-bond donors (Lipinski definition) is 2. The molecule has 3 rings (SSSR count). The van der Waals surface area contributed by atoms with E-state index in [0.717, 1.165) is 0 Å². The van der Waals surface area contributed by atoms with Crippen molar-refractivity contribution in [1.29, 1.82) is 0 Å². The van der Waals surface area contributed by atoms with Crippen LogP contribution in [0.3, 0.4) is 0 Å². The van der Waals surface area contributed by atoms with E-state index in [1.807, 2.05) is 19.1 Å². The lowest BCUT2D eigenvalue weighted by Gasteiger charge is -2.10. The Bertz CT molecular complexity index is 861. The summed E-state index contributed by atoms with van der Waals surface area (Å²) in [6.45, 7) is 4.18. The quantitative estimate of drug-likeness (QED) is 0.711. The Kier molecular flexibility index (Phi) is 4.89. The number of anilines is 3. The molecule has 0 saturated carbocycles. The average molecular weight is 339 g/mol. The topological polar surface area (TPSA) is 102 Å². The van der Waals surface area contributed by atoms with Crippen molar-refractivity contribution in [2.24, 2.45) is 0 Å². The van der Waals surface area contributed by atoms with Crippen molar-refractivity contribution in [3.8, 4) is 5.75 Å². The molecule has 0 spiro atoms. The predicted octanol–water partition coefficient (Wildman–Crippen LogP) is 3.17. The first-order valence-electron chi connectivity index (χ1n) is 7.73. The van der Waals surface area contributed by atoms with Crippen LogP contribution in [0.5, 0.6) is 5.75 Å². The molecule has 0 unspecified atom stereocenters. The molecule has 0 bridgehead atoms. The van der Waals surface area contributed by atoms with E-state index in [1.165, 1.54) is 0 Å². The van der Waals surface area contributed by atoms with Crippen LogP contribution in [-0.2, 0) is 0 Å². The molecule has 0 aliphatic carbocycles. The van der Waals surface area contributed by atoms with Crippen molar-refractivity contribution in [2.75, 3.05) is 17.2 Å². The zero-order valence-corrected chi connectivity index (χ0v) is 13.8. The Balaban J connectivity index is 1.68. The van der Waals surface area contributed by atoms with Gasteiger partial charge in [-0.15, -0.1) is 10.2 Å². The maximum Gasteiger partial charge on any atom is 0.276 e. The van der Waals surface area contributed by atoms with E-state index >= 15 is 0 Å². The van der Waals surface area contributed by atoms with E-state index in [1.54, 1.807) is 37.3 Å². The van der Waals surface area contributed by atoms with E-state index in [4.69, 9.17) is 9.26 Å². The lowest BCUT2D eigenvalue weighted by atomic mass is 10.2. The molecule has 1 aromatic carbocycles. The number of ether oxygens (including phenoxy) is 1. The summed E-state index contributed by atoms with van der Waals surface area (Å²) in [4.78, 5) is 12.3. The minimum atomic E-state index is -0.372. The number of para-hydroxylation sites is 2. The molecule has 3 aromatic rings. The normalized spacial score (nSPS) is 10.3. The third-order valence-electron chi connectivity index (χ3n) is 3.22. The maximum atomic E-state index is 12.3. The van der Waals surface area contributed by atoms with Crippen molar-refractivity contribution >= 4 is 23.2 Å². The lowest BCUT2D eigenvalue weighted by molar-refractivity contribution is 0.102. The third kappa shape index (κ3) is 4.11. The van der Waals surface area contributed by atoms with Crippen molar-refractivity contribution in [1.82, 2.24) is 15.4 Å². The number of amides is 1. The second-order valence-corrected chi connectivity index (χ2v) is 5.13. The number of carbonyl (C=O) groups is 1. The number of nitrogens with one attached hydrogen (secondary N) is 2. The first kappa shape index (κ1) is 16.4. The van der Waals surface area contributed by atoms with Crippen LogP contribution in [0.25, 0.3) is 0 Å². The average Bonchev–Trinajstić information content (AvgIpc) is 3.02. The van der Waals surface area contributed by atoms with E-state index in [2.05, 4.69) is 26.0 Å². The van der Waals surface area contributed by atoms with Gasteiger partial charge in [-0.1, -0.05) is 17.3 Å². The fourth-order valence-corrected chi connectivity index (χ4v) is 2.11. The van der Waals surface area contributed by atoms with Gasteiger partial charge >= 0.3 is 0 Å². The van der Waals surface area contributed by atoms with Gasteiger partial charge in [0.2, 0.25) is 0 Å². The van der Waals surface area contributed by atoms with Crippen LogP contribution < -0.4 is 15.4 Å². The summed E-state index contributed by atoms with van der Waals surface area (Å²) in [7, 11) is 0. The van der Waals surface area contributed by atoms with Crippen LogP contribution in [0.2, 0.25) is 0 Å². The highest BCUT2D eigenvalue weighted by molar-refractivity contribution is 6.03. The number of hydrogen-bond acceptors (Lipinski definition) is 7. The highest BCUT2D eigenvalue weighted by atomic mass is 16.5. The number of benzene rings is 1. The molecule has 0 aliphatic heterocycles. The van der Waals surface area contributed by atoms with Crippen molar-refractivity contribution in [3.05, 3.63) is 53.9 Å². The van der Waals surface area contributed by atoms with Gasteiger partial charge in [0.1, 0.15) is 11.5 Å². The Hall–Kier alpha value is -3.42. The molecule has 0 fully saturated rings. The Morgan fingerprint density at radius 3 is 2.68 bits per heavy atom. The zero-order valence-electron chi connectivity index (χ0n) is 13.8. The molecule has 2 N–H and O–H groups in total. The highest BCUT2D eigenvalue weighted by Gasteiger charge is 2.12. The molecular weight excluding hydrogens is 322 g/mol. The van der Waals surface area contributed by atoms with E-state index in [0.29, 0.717) is 35.4 Å². The number of carbonyl (C=O) groups excluding carboxylic acids is 1. The van der Waals surface area contributed by atoms with E-state index in [9.17, 15) is 4.79 Å². The largest absolute Gasteiger partial charge is 0.492 e. The Morgan fingerprint density at radius 2 is 2.00 bits per heavy atom. The van der Waals surface area contributed by atoms with E-state index < -0.39 is 0 Å². The summed E-state index contributed by atoms with van der Waals surface area (Å²) in [5.41, 5.74) is 0.768. The van der Waals surface area contributed by atoms with Gasteiger partial charge in [-0.05, 0) is 38.1 Å².